The van der Waals surface area contributed by atoms with Crippen LogP contribution in [0.2, 0.25) is 0 Å². The Balaban J connectivity index is 1.53. The molecule has 0 saturated carbocycles. The topological polar surface area (TPSA) is 93.2 Å². The van der Waals surface area contributed by atoms with Gasteiger partial charge in [0, 0.05) is 6.08 Å². The first-order valence-electron chi connectivity index (χ1n) is 9.16. The largest absolute Gasteiger partial charge is 0.481 e. The van der Waals surface area contributed by atoms with Crippen LogP contribution in [0.3, 0.4) is 0 Å². The van der Waals surface area contributed by atoms with Gasteiger partial charge in [-0.1, -0.05) is 24.3 Å². The molecule has 7 heteroatoms. The Hall–Kier alpha value is -3.74. The van der Waals surface area contributed by atoms with Crippen molar-refractivity contribution in [2.24, 2.45) is 0 Å². The van der Waals surface area contributed by atoms with E-state index in [1.807, 2.05) is 50.2 Å². The summed E-state index contributed by atoms with van der Waals surface area (Å²) in [7, 11) is 0. The minimum absolute atomic E-state index is 0.460. The number of benzene rings is 2. The Labute approximate surface area is 168 Å². The van der Waals surface area contributed by atoms with Crippen LogP contribution in [0.15, 0.2) is 54.7 Å². The number of nitrogens with zero attached hydrogens (tertiary/aromatic N) is 2. The van der Waals surface area contributed by atoms with Crippen LogP contribution in [0.5, 0.6) is 5.75 Å². The summed E-state index contributed by atoms with van der Waals surface area (Å²) in [5.74, 6) is -0.320. The molecule has 1 aromatic heterocycles. The molecule has 29 heavy (non-hydrogen) atoms. The number of rotatable bonds is 5. The molecule has 0 aliphatic heterocycles. The number of carbonyl (C=O) groups is 2. The molecule has 1 atom stereocenters. The summed E-state index contributed by atoms with van der Waals surface area (Å²) in [5.41, 5.74) is 8.78. The number of hydrogen-bond acceptors (Lipinski definition) is 5. The van der Waals surface area contributed by atoms with Crippen molar-refractivity contribution in [2.45, 2.75) is 26.9 Å². The highest BCUT2D eigenvalue weighted by Gasteiger charge is 2.16. The SMILES string of the molecule is Cc1cccc(OC(C)C(=O)NNC(=O)/C=C/c2cnc3ccccc3n2)c1C. The van der Waals surface area contributed by atoms with E-state index in [-0.39, 0.29) is 0 Å². The van der Waals surface area contributed by atoms with Gasteiger partial charge in [0.15, 0.2) is 6.10 Å². The van der Waals surface area contributed by atoms with Gasteiger partial charge in [-0.15, -0.1) is 0 Å². The van der Waals surface area contributed by atoms with Crippen LogP contribution >= 0.6 is 0 Å². The van der Waals surface area contributed by atoms with Crippen molar-refractivity contribution in [1.82, 2.24) is 20.8 Å². The van der Waals surface area contributed by atoms with Crippen LogP contribution in [0.4, 0.5) is 0 Å². The summed E-state index contributed by atoms with van der Waals surface area (Å²) >= 11 is 0. The summed E-state index contributed by atoms with van der Waals surface area (Å²) < 4.78 is 5.69. The first kappa shape index (κ1) is 20.0. The van der Waals surface area contributed by atoms with Crippen LogP contribution in [0, 0.1) is 13.8 Å². The highest BCUT2D eigenvalue weighted by molar-refractivity contribution is 5.93. The smallest absolute Gasteiger partial charge is 0.279 e. The van der Waals surface area contributed by atoms with Crippen LogP contribution < -0.4 is 15.6 Å². The Morgan fingerprint density at radius 3 is 2.59 bits per heavy atom. The van der Waals surface area contributed by atoms with E-state index in [2.05, 4.69) is 20.8 Å². The van der Waals surface area contributed by atoms with E-state index < -0.39 is 17.9 Å². The van der Waals surface area contributed by atoms with Gasteiger partial charge in [0.05, 0.1) is 22.9 Å². The van der Waals surface area contributed by atoms with Crippen molar-refractivity contribution in [3.05, 3.63) is 71.6 Å². The molecular formula is C22H22N4O3. The molecule has 0 fully saturated rings. The number of fused-ring (bicyclic) bond motifs is 1. The van der Waals surface area contributed by atoms with Crippen LogP contribution in [0.25, 0.3) is 17.1 Å². The third-order valence-electron chi connectivity index (χ3n) is 4.41. The summed E-state index contributed by atoms with van der Waals surface area (Å²) in [5, 5.41) is 0. The highest BCUT2D eigenvalue weighted by Crippen LogP contribution is 2.21. The van der Waals surface area contributed by atoms with Gasteiger partial charge < -0.3 is 4.74 Å². The average molecular weight is 390 g/mol. The maximum atomic E-state index is 12.2. The lowest BCUT2D eigenvalue weighted by Gasteiger charge is -2.17. The maximum Gasteiger partial charge on any atom is 0.279 e. The maximum absolute atomic E-state index is 12.2. The number of hydrazine groups is 1. The van der Waals surface area contributed by atoms with Crippen LogP contribution in [0.1, 0.15) is 23.7 Å². The number of aryl methyl sites for hydroxylation is 1. The fraction of sp³-hybridized carbons (Fsp3) is 0.182. The molecule has 0 bridgehead atoms. The Bertz CT molecular complexity index is 1080. The fourth-order valence-electron chi connectivity index (χ4n) is 2.58. The Kier molecular flexibility index (Phi) is 6.19. The fourth-order valence-corrected chi connectivity index (χ4v) is 2.58. The highest BCUT2D eigenvalue weighted by atomic mass is 16.5. The predicted molar refractivity (Wildman–Crippen MR) is 111 cm³/mol. The van der Waals surface area contributed by atoms with Gasteiger partial charge in [0.2, 0.25) is 0 Å². The minimum atomic E-state index is -0.772. The molecule has 1 heterocycles. The minimum Gasteiger partial charge on any atom is -0.481 e. The van der Waals surface area contributed by atoms with E-state index in [4.69, 9.17) is 4.74 Å². The first-order chi connectivity index (χ1) is 13.9. The van der Waals surface area contributed by atoms with E-state index in [1.54, 1.807) is 19.2 Å². The van der Waals surface area contributed by atoms with Crippen LogP contribution in [-0.2, 0) is 9.59 Å². The van der Waals surface area contributed by atoms with E-state index in [1.165, 1.54) is 12.2 Å². The lowest BCUT2D eigenvalue weighted by atomic mass is 10.1. The molecule has 3 aromatic rings. The van der Waals surface area contributed by atoms with Crippen molar-refractivity contribution in [2.75, 3.05) is 0 Å². The molecule has 0 aliphatic carbocycles. The van der Waals surface area contributed by atoms with Gasteiger partial charge in [0.1, 0.15) is 5.75 Å². The van der Waals surface area contributed by atoms with E-state index in [0.29, 0.717) is 11.4 Å². The van der Waals surface area contributed by atoms with Gasteiger partial charge in [-0.2, -0.15) is 0 Å². The van der Waals surface area contributed by atoms with Gasteiger partial charge in [-0.3, -0.25) is 25.4 Å². The zero-order chi connectivity index (χ0) is 20.8. The molecule has 7 nitrogen and oxygen atoms in total. The Morgan fingerprint density at radius 1 is 1.03 bits per heavy atom. The number of ether oxygens (including phenoxy) is 1. The normalized spacial score (nSPS) is 12.0. The summed E-state index contributed by atoms with van der Waals surface area (Å²) in [6, 6.07) is 13.1. The van der Waals surface area contributed by atoms with Gasteiger partial charge in [-0.05, 0) is 56.2 Å². The summed E-state index contributed by atoms with van der Waals surface area (Å²) in [6.45, 7) is 5.51. The molecule has 0 spiro atoms. The molecule has 148 valence electrons. The molecule has 0 radical (unpaired) electrons. The van der Waals surface area contributed by atoms with Crippen molar-refractivity contribution in [3.8, 4) is 5.75 Å². The number of carbonyl (C=O) groups excluding carboxylic acids is 2. The van der Waals surface area contributed by atoms with Gasteiger partial charge >= 0.3 is 0 Å². The third kappa shape index (κ3) is 5.16. The van der Waals surface area contributed by atoms with Crippen molar-refractivity contribution in [1.29, 1.82) is 0 Å². The summed E-state index contributed by atoms with van der Waals surface area (Å²) in [4.78, 5) is 32.8. The standard InChI is InChI=1S/C22H22N4O3/c1-14-7-6-10-20(15(14)2)29-16(3)22(28)26-25-21(27)12-11-17-13-23-18-8-4-5-9-19(18)24-17/h4-13,16H,1-3H3,(H,25,27)(H,26,28)/b12-11+. The van der Waals surface area contributed by atoms with Crippen LogP contribution in [-0.4, -0.2) is 27.9 Å². The van der Waals surface area contributed by atoms with E-state index in [0.717, 1.165) is 22.2 Å². The zero-order valence-corrected chi connectivity index (χ0v) is 16.5. The van der Waals surface area contributed by atoms with Crippen molar-refractivity contribution in [3.63, 3.8) is 0 Å². The van der Waals surface area contributed by atoms with Gasteiger partial charge in [-0.25, -0.2) is 4.98 Å². The molecule has 2 aromatic carbocycles. The lowest BCUT2D eigenvalue weighted by molar-refractivity contribution is -0.131. The number of aromatic nitrogens is 2. The van der Waals surface area contributed by atoms with Crippen molar-refractivity contribution >= 4 is 28.9 Å². The second kappa shape index (κ2) is 8.97. The van der Waals surface area contributed by atoms with E-state index >= 15 is 0 Å². The molecule has 2 amide bonds. The van der Waals surface area contributed by atoms with Gasteiger partial charge in [0.25, 0.3) is 11.8 Å². The quantitative estimate of drug-likeness (QED) is 0.516. The monoisotopic (exact) mass is 390 g/mol. The molecule has 2 N–H and O–H groups in total. The van der Waals surface area contributed by atoms with E-state index in [9.17, 15) is 9.59 Å². The lowest BCUT2D eigenvalue weighted by Crippen LogP contribution is -2.46. The number of amides is 2. The van der Waals surface area contributed by atoms with Crippen molar-refractivity contribution < 1.29 is 14.3 Å². The number of nitrogens with one attached hydrogen (secondary N) is 2. The number of para-hydroxylation sites is 2. The third-order valence-corrected chi connectivity index (χ3v) is 4.41. The molecule has 3 rings (SSSR count). The summed E-state index contributed by atoms with van der Waals surface area (Å²) in [6.07, 6.45) is 3.60. The molecular weight excluding hydrogens is 368 g/mol. The predicted octanol–water partition coefficient (Wildman–Crippen LogP) is 2.87. The zero-order valence-electron chi connectivity index (χ0n) is 16.5. The Morgan fingerprint density at radius 2 is 1.79 bits per heavy atom. The second-order valence-electron chi connectivity index (χ2n) is 6.55. The molecule has 1 unspecified atom stereocenters. The molecule has 0 saturated heterocycles. The second-order valence-corrected chi connectivity index (χ2v) is 6.55. The first-order valence-corrected chi connectivity index (χ1v) is 9.16. The average Bonchev–Trinajstić information content (AvgIpc) is 2.73. The molecule has 0 aliphatic rings. The number of hydrogen-bond donors (Lipinski definition) is 2.